The molecule has 1 atom stereocenters. The quantitative estimate of drug-likeness (QED) is 0.231. The maximum Gasteiger partial charge on any atom is 0.264 e. The number of amides is 2. The highest BCUT2D eigenvalue weighted by Gasteiger charge is 2.34. The van der Waals surface area contributed by atoms with Crippen LogP contribution in [0.1, 0.15) is 34.7 Å². The van der Waals surface area contributed by atoms with E-state index in [1.54, 1.807) is 36.4 Å². The highest BCUT2D eigenvalue weighted by molar-refractivity contribution is 7.92. The van der Waals surface area contributed by atoms with E-state index in [2.05, 4.69) is 5.32 Å². The van der Waals surface area contributed by atoms with Gasteiger partial charge in [0.05, 0.1) is 10.6 Å². The van der Waals surface area contributed by atoms with Gasteiger partial charge in [-0.2, -0.15) is 0 Å². The first-order chi connectivity index (χ1) is 20.6. The van der Waals surface area contributed by atoms with E-state index in [4.69, 9.17) is 0 Å². The number of benzene rings is 4. The van der Waals surface area contributed by atoms with Crippen molar-refractivity contribution in [2.75, 3.05) is 17.4 Å². The third kappa shape index (κ3) is 8.11. The Morgan fingerprint density at radius 1 is 0.744 bits per heavy atom. The van der Waals surface area contributed by atoms with Gasteiger partial charge in [0.2, 0.25) is 11.8 Å². The Bertz CT molecular complexity index is 1640. The van der Waals surface area contributed by atoms with Crippen LogP contribution in [0, 0.1) is 20.8 Å². The zero-order valence-electron chi connectivity index (χ0n) is 25.2. The van der Waals surface area contributed by atoms with E-state index in [0.717, 1.165) is 32.1 Å². The first kappa shape index (κ1) is 31.5. The maximum atomic E-state index is 14.4. The topological polar surface area (TPSA) is 86.8 Å². The Morgan fingerprint density at radius 2 is 1.35 bits per heavy atom. The van der Waals surface area contributed by atoms with Crippen LogP contribution in [-0.4, -0.2) is 44.3 Å². The summed E-state index contributed by atoms with van der Waals surface area (Å²) in [5, 5.41) is 2.89. The van der Waals surface area contributed by atoms with E-state index < -0.39 is 28.5 Å². The maximum absolute atomic E-state index is 14.4. The number of likely N-dealkylation sites (N-methyl/N-ethyl adjacent to an activating group) is 1. The highest BCUT2D eigenvalue weighted by atomic mass is 32.2. The molecular formula is C35H39N3O4S. The summed E-state index contributed by atoms with van der Waals surface area (Å²) in [6.07, 6.45) is 0.277. The van der Waals surface area contributed by atoms with Gasteiger partial charge in [0.25, 0.3) is 10.0 Å². The van der Waals surface area contributed by atoms with Crippen molar-refractivity contribution < 1.29 is 18.0 Å². The fourth-order valence-corrected chi connectivity index (χ4v) is 6.34. The van der Waals surface area contributed by atoms with Crippen molar-refractivity contribution in [3.05, 3.63) is 131 Å². The zero-order valence-corrected chi connectivity index (χ0v) is 26.0. The predicted octanol–water partition coefficient (Wildman–Crippen LogP) is 5.58. The average molecular weight is 598 g/mol. The number of carbonyl (C=O) groups excluding carboxylic acids is 2. The molecule has 0 saturated heterocycles. The van der Waals surface area contributed by atoms with E-state index >= 15 is 0 Å². The summed E-state index contributed by atoms with van der Waals surface area (Å²) in [4.78, 5) is 29.5. The van der Waals surface area contributed by atoms with Crippen LogP contribution in [0.4, 0.5) is 5.69 Å². The van der Waals surface area contributed by atoms with E-state index in [1.807, 2.05) is 94.4 Å². The van der Waals surface area contributed by atoms with Crippen LogP contribution in [-0.2, 0) is 32.6 Å². The molecule has 0 spiro atoms. The number of nitrogens with one attached hydrogen (secondary N) is 1. The van der Waals surface area contributed by atoms with Crippen molar-refractivity contribution in [3.63, 3.8) is 0 Å². The monoisotopic (exact) mass is 597 g/mol. The summed E-state index contributed by atoms with van der Waals surface area (Å²) in [5.74, 6) is -0.777. The van der Waals surface area contributed by atoms with Crippen LogP contribution < -0.4 is 9.62 Å². The molecule has 0 unspecified atom stereocenters. The molecule has 0 aliphatic carbocycles. The molecule has 224 valence electrons. The molecule has 4 aromatic carbocycles. The van der Waals surface area contributed by atoms with E-state index in [0.29, 0.717) is 12.2 Å². The molecule has 0 fully saturated rings. The molecule has 4 aromatic rings. The molecule has 43 heavy (non-hydrogen) atoms. The van der Waals surface area contributed by atoms with Crippen molar-refractivity contribution in [3.8, 4) is 0 Å². The van der Waals surface area contributed by atoms with Gasteiger partial charge in [-0.3, -0.25) is 13.9 Å². The first-order valence-electron chi connectivity index (χ1n) is 14.4. The fourth-order valence-electron chi connectivity index (χ4n) is 4.93. The first-order valence-corrected chi connectivity index (χ1v) is 15.8. The molecule has 1 N–H and O–H groups in total. The zero-order chi connectivity index (χ0) is 31.0. The summed E-state index contributed by atoms with van der Waals surface area (Å²) in [7, 11) is -4.12. The van der Waals surface area contributed by atoms with Gasteiger partial charge in [-0.1, -0.05) is 95.6 Å². The second kappa shape index (κ2) is 14.2. The standard InChI is InChI=1S/C35H39N3O4S/c1-5-36-35(40)33(23-29-11-7-6-8-12-29)37(24-30-13-9-10-28(4)22-30)34(39)25-38(31-18-14-26(2)15-19-31)43(41,42)32-20-16-27(3)17-21-32/h6-22,33H,5,23-25H2,1-4H3,(H,36,40)/t33-/m1/s1. The van der Waals surface area contributed by atoms with Crippen molar-refractivity contribution in [2.45, 2.75) is 51.6 Å². The number of sulfonamides is 1. The van der Waals surface area contributed by atoms with Crippen LogP contribution >= 0.6 is 0 Å². The molecule has 0 saturated carbocycles. The minimum atomic E-state index is -4.12. The second-order valence-electron chi connectivity index (χ2n) is 10.8. The number of carbonyl (C=O) groups is 2. The van der Waals surface area contributed by atoms with Crippen LogP contribution in [0.15, 0.2) is 108 Å². The van der Waals surface area contributed by atoms with Gasteiger partial charge >= 0.3 is 0 Å². The summed E-state index contributed by atoms with van der Waals surface area (Å²) in [6, 6.07) is 30.0. The van der Waals surface area contributed by atoms with Gasteiger partial charge in [-0.25, -0.2) is 8.42 Å². The normalized spacial score (nSPS) is 11.9. The lowest BCUT2D eigenvalue weighted by Gasteiger charge is -2.34. The van der Waals surface area contributed by atoms with Crippen LogP contribution in [0.5, 0.6) is 0 Å². The van der Waals surface area contributed by atoms with Crippen molar-refractivity contribution >= 4 is 27.5 Å². The van der Waals surface area contributed by atoms with Crippen molar-refractivity contribution in [2.24, 2.45) is 0 Å². The van der Waals surface area contributed by atoms with Crippen LogP contribution in [0.25, 0.3) is 0 Å². The molecule has 0 bridgehead atoms. The third-order valence-electron chi connectivity index (χ3n) is 7.27. The number of hydrogen-bond donors (Lipinski definition) is 1. The fraction of sp³-hybridized carbons (Fsp3) is 0.257. The lowest BCUT2D eigenvalue weighted by atomic mass is 10.0. The molecule has 7 nitrogen and oxygen atoms in total. The number of aryl methyl sites for hydroxylation is 3. The number of rotatable bonds is 12. The van der Waals surface area contributed by atoms with Crippen molar-refractivity contribution in [1.82, 2.24) is 10.2 Å². The van der Waals surface area contributed by atoms with Gasteiger partial charge in [0, 0.05) is 19.5 Å². The Balaban J connectivity index is 1.79. The van der Waals surface area contributed by atoms with Gasteiger partial charge < -0.3 is 10.2 Å². The molecule has 8 heteroatoms. The largest absolute Gasteiger partial charge is 0.355 e. The lowest BCUT2D eigenvalue weighted by molar-refractivity contribution is -0.140. The molecule has 0 aliphatic heterocycles. The smallest absolute Gasteiger partial charge is 0.264 e. The summed E-state index contributed by atoms with van der Waals surface area (Å²) in [5.41, 5.74) is 5.01. The highest BCUT2D eigenvalue weighted by Crippen LogP contribution is 2.26. The van der Waals surface area contributed by atoms with Gasteiger partial charge in [-0.15, -0.1) is 0 Å². The number of hydrogen-bond acceptors (Lipinski definition) is 4. The molecule has 0 aromatic heterocycles. The molecule has 0 heterocycles. The molecule has 0 aliphatic rings. The minimum absolute atomic E-state index is 0.0845. The minimum Gasteiger partial charge on any atom is -0.355 e. The van der Waals surface area contributed by atoms with E-state index in [9.17, 15) is 18.0 Å². The molecule has 0 radical (unpaired) electrons. The van der Waals surface area contributed by atoms with Gasteiger partial charge in [0.1, 0.15) is 12.6 Å². The van der Waals surface area contributed by atoms with Crippen molar-refractivity contribution in [1.29, 1.82) is 0 Å². The molecule has 4 rings (SSSR count). The molecular weight excluding hydrogens is 558 g/mol. The third-order valence-corrected chi connectivity index (χ3v) is 9.06. The van der Waals surface area contributed by atoms with Gasteiger partial charge in [0.15, 0.2) is 0 Å². The Hall–Kier alpha value is -4.43. The lowest BCUT2D eigenvalue weighted by Crippen LogP contribution is -2.53. The van der Waals surface area contributed by atoms with E-state index in [1.165, 1.54) is 4.90 Å². The Labute approximate surface area is 255 Å². The van der Waals surface area contributed by atoms with Gasteiger partial charge in [-0.05, 0) is 63.1 Å². The van der Waals surface area contributed by atoms with E-state index in [-0.39, 0.29) is 23.8 Å². The average Bonchev–Trinajstić information content (AvgIpc) is 2.99. The van der Waals surface area contributed by atoms with Crippen LogP contribution in [0.2, 0.25) is 0 Å². The Kier molecular flexibility index (Phi) is 10.4. The summed E-state index contributed by atoms with van der Waals surface area (Å²) in [6.45, 7) is 7.66. The summed E-state index contributed by atoms with van der Waals surface area (Å²) < 4.78 is 29.3. The summed E-state index contributed by atoms with van der Waals surface area (Å²) >= 11 is 0. The second-order valence-corrected chi connectivity index (χ2v) is 12.6. The number of anilines is 1. The predicted molar refractivity (Wildman–Crippen MR) is 171 cm³/mol. The molecule has 2 amide bonds. The SMILES string of the molecule is CCNC(=O)[C@@H](Cc1ccccc1)N(Cc1cccc(C)c1)C(=O)CN(c1ccc(C)cc1)S(=O)(=O)c1ccc(C)cc1. The number of nitrogens with zero attached hydrogens (tertiary/aromatic N) is 2. The Morgan fingerprint density at radius 3 is 1.95 bits per heavy atom. The van der Waals surface area contributed by atoms with Crippen LogP contribution in [0.3, 0.4) is 0 Å².